The molecule has 1 aromatic carbocycles. The molecule has 1 amide bonds. The summed E-state index contributed by atoms with van der Waals surface area (Å²) < 4.78 is 6.59. The van der Waals surface area contributed by atoms with E-state index in [9.17, 15) is 4.79 Å². The third-order valence-electron chi connectivity index (χ3n) is 12.0. The Morgan fingerprint density at radius 2 is 1.95 bits per heavy atom. The lowest BCUT2D eigenvalue weighted by atomic mass is 9.85. The fourth-order valence-electron chi connectivity index (χ4n) is 9.81. The molecule has 6 atom stereocenters. The summed E-state index contributed by atoms with van der Waals surface area (Å²) in [6.45, 7) is 10.5. The molecule has 216 valence electrons. The molecule has 2 aliphatic carbocycles. The van der Waals surface area contributed by atoms with Gasteiger partial charge in [0.25, 0.3) is 0 Å². The SMILES string of the molecule is C=CC(=O)N1CC[C@@H]2[C@H]1CN2C1=NC(OCC23CCCN2CCC3)=NC2CN(c3cccc4c3C3CC3C4)CCC12. The maximum Gasteiger partial charge on any atom is 0.313 e. The summed E-state index contributed by atoms with van der Waals surface area (Å²) in [4.78, 5) is 32.7. The number of nitrogens with zero attached hydrogens (tertiary/aromatic N) is 6. The Morgan fingerprint density at radius 3 is 2.80 bits per heavy atom. The third-order valence-corrected chi connectivity index (χ3v) is 12.0. The van der Waals surface area contributed by atoms with Crippen LogP contribution in [0.15, 0.2) is 40.8 Å². The van der Waals surface area contributed by atoms with Crippen molar-refractivity contribution < 1.29 is 9.53 Å². The number of hydrogen-bond donors (Lipinski definition) is 0. The Labute approximate surface area is 243 Å². The molecule has 0 aromatic heterocycles. The minimum Gasteiger partial charge on any atom is -0.462 e. The first-order valence-electron chi connectivity index (χ1n) is 16.2. The van der Waals surface area contributed by atoms with E-state index in [-0.39, 0.29) is 23.5 Å². The van der Waals surface area contributed by atoms with Crippen LogP contribution >= 0.6 is 0 Å². The number of amides is 1. The largest absolute Gasteiger partial charge is 0.462 e. The lowest BCUT2D eigenvalue weighted by Crippen LogP contribution is -2.67. The van der Waals surface area contributed by atoms with Gasteiger partial charge in [-0.1, -0.05) is 18.7 Å². The van der Waals surface area contributed by atoms with Gasteiger partial charge >= 0.3 is 6.02 Å². The Kier molecular flexibility index (Phi) is 5.46. The summed E-state index contributed by atoms with van der Waals surface area (Å²) in [6.07, 6.45) is 11.1. The summed E-state index contributed by atoms with van der Waals surface area (Å²) >= 11 is 0. The first kappa shape index (κ1) is 24.7. The van der Waals surface area contributed by atoms with E-state index in [1.807, 2.05) is 4.90 Å². The van der Waals surface area contributed by atoms with Gasteiger partial charge in [0.1, 0.15) is 12.4 Å². The molecule has 6 heterocycles. The number of ether oxygens (including phenoxy) is 1. The standard InChI is InChI=1S/C33H42N6O2/c1-2-29(40)38-15-9-26-28(38)19-39(26)31-23-8-14-36(27-7-3-6-21-16-22-17-24(22)30(21)27)18-25(23)34-32(35-31)41-20-33-10-4-12-37(33)13-5-11-33/h2-3,6-7,22-26,28H,1,4-5,8-20H2/t22?,23?,24?,25?,26-,28-/m1/s1. The number of piperidine rings is 1. The van der Waals surface area contributed by atoms with Gasteiger partial charge in [0, 0.05) is 37.8 Å². The molecular formula is C33H42N6O2. The zero-order valence-corrected chi connectivity index (χ0v) is 24.1. The molecule has 1 aromatic rings. The molecule has 4 unspecified atom stereocenters. The van der Waals surface area contributed by atoms with Gasteiger partial charge in [-0.15, -0.1) is 0 Å². The zero-order valence-electron chi connectivity index (χ0n) is 24.1. The van der Waals surface area contributed by atoms with E-state index in [1.165, 1.54) is 69.2 Å². The van der Waals surface area contributed by atoms with Crippen LogP contribution in [0.3, 0.4) is 0 Å². The second kappa shape index (κ2) is 9.06. The van der Waals surface area contributed by atoms with Crippen molar-refractivity contribution in [1.82, 2.24) is 14.7 Å². The van der Waals surface area contributed by atoms with E-state index in [0.29, 0.717) is 24.6 Å². The van der Waals surface area contributed by atoms with Crippen molar-refractivity contribution in [2.45, 2.75) is 80.9 Å². The van der Waals surface area contributed by atoms with E-state index in [1.54, 1.807) is 11.1 Å². The normalized spacial score (nSPS) is 36.0. The molecule has 5 saturated heterocycles. The lowest BCUT2D eigenvalue weighted by molar-refractivity contribution is -0.129. The van der Waals surface area contributed by atoms with Gasteiger partial charge in [0.2, 0.25) is 5.91 Å². The summed E-state index contributed by atoms with van der Waals surface area (Å²) in [7, 11) is 0. The maximum absolute atomic E-state index is 12.5. The molecule has 0 radical (unpaired) electrons. The first-order chi connectivity index (χ1) is 20.1. The minimum atomic E-state index is 0.0599. The Hall–Kier alpha value is -2.87. The predicted octanol–water partition coefficient (Wildman–Crippen LogP) is 3.43. The number of fused-ring (bicyclic) bond motifs is 6. The number of benzene rings is 1. The highest BCUT2D eigenvalue weighted by atomic mass is 16.5. The smallest absolute Gasteiger partial charge is 0.313 e. The van der Waals surface area contributed by atoms with Gasteiger partial charge in [0.05, 0.1) is 23.7 Å². The second-order valence-electron chi connectivity index (χ2n) is 14.0. The number of carbonyl (C=O) groups excluding carboxylic acids is 1. The number of anilines is 1. The van der Waals surface area contributed by atoms with Crippen molar-refractivity contribution in [1.29, 1.82) is 0 Å². The second-order valence-corrected chi connectivity index (χ2v) is 14.0. The molecule has 8 aliphatic rings. The Bertz CT molecular complexity index is 1340. The summed E-state index contributed by atoms with van der Waals surface area (Å²) in [5.74, 6) is 3.21. The van der Waals surface area contributed by atoms with Crippen LogP contribution in [0.25, 0.3) is 0 Å². The van der Waals surface area contributed by atoms with Gasteiger partial charge in [0.15, 0.2) is 0 Å². The number of likely N-dealkylation sites (tertiary alicyclic amines) is 2. The van der Waals surface area contributed by atoms with Crippen molar-refractivity contribution in [3.63, 3.8) is 0 Å². The van der Waals surface area contributed by atoms with Crippen LogP contribution in [0.5, 0.6) is 0 Å². The third kappa shape index (κ3) is 3.71. The molecule has 0 spiro atoms. The molecule has 6 fully saturated rings. The van der Waals surface area contributed by atoms with Gasteiger partial charge in [-0.05, 0) is 99.6 Å². The average Bonchev–Trinajstić information content (AvgIpc) is 3.28. The van der Waals surface area contributed by atoms with Crippen molar-refractivity contribution in [2.75, 3.05) is 50.8 Å². The van der Waals surface area contributed by atoms with Gasteiger partial charge < -0.3 is 19.4 Å². The maximum atomic E-state index is 12.5. The first-order valence-corrected chi connectivity index (χ1v) is 16.2. The monoisotopic (exact) mass is 554 g/mol. The summed E-state index contributed by atoms with van der Waals surface area (Å²) in [5.41, 5.74) is 4.84. The van der Waals surface area contributed by atoms with Crippen LogP contribution in [-0.4, -0.2) is 102 Å². The Balaban J connectivity index is 0.993. The van der Waals surface area contributed by atoms with Crippen LogP contribution in [0, 0.1) is 11.8 Å². The van der Waals surface area contributed by atoms with Crippen molar-refractivity contribution in [2.24, 2.45) is 21.8 Å². The van der Waals surface area contributed by atoms with Crippen LogP contribution in [0.1, 0.15) is 62.0 Å². The molecule has 0 N–H and O–H groups in total. The number of rotatable bonds is 4. The molecule has 9 rings (SSSR count). The van der Waals surface area contributed by atoms with E-state index >= 15 is 0 Å². The van der Waals surface area contributed by atoms with Gasteiger partial charge in [-0.2, -0.15) is 4.99 Å². The van der Waals surface area contributed by atoms with Gasteiger partial charge in [-0.25, -0.2) is 4.99 Å². The van der Waals surface area contributed by atoms with E-state index in [4.69, 9.17) is 14.7 Å². The molecule has 8 nitrogen and oxygen atoms in total. The highest BCUT2D eigenvalue weighted by molar-refractivity contribution is 5.99. The summed E-state index contributed by atoms with van der Waals surface area (Å²) in [5, 5.41) is 0. The van der Waals surface area contributed by atoms with E-state index < -0.39 is 0 Å². The van der Waals surface area contributed by atoms with E-state index in [0.717, 1.165) is 50.9 Å². The quantitative estimate of drug-likeness (QED) is 0.534. The minimum absolute atomic E-state index is 0.0599. The molecule has 6 aliphatic heterocycles. The van der Waals surface area contributed by atoms with Crippen molar-refractivity contribution in [3.05, 3.63) is 42.0 Å². The number of aliphatic imine (C=N–C) groups is 2. The molecule has 0 bridgehead atoms. The number of amidine groups is 2. The van der Waals surface area contributed by atoms with Crippen molar-refractivity contribution >= 4 is 23.5 Å². The van der Waals surface area contributed by atoms with Crippen LogP contribution < -0.4 is 4.90 Å². The van der Waals surface area contributed by atoms with Crippen LogP contribution in [0.4, 0.5) is 5.69 Å². The highest BCUT2D eigenvalue weighted by Gasteiger charge is 2.53. The fraction of sp³-hybridized carbons (Fsp3) is 0.667. The average molecular weight is 555 g/mol. The topological polar surface area (TPSA) is 64.0 Å². The number of hydrogen-bond acceptors (Lipinski definition) is 7. The van der Waals surface area contributed by atoms with Crippen LogP contribution in [-0.2, 0) is 16.0 Å². The zero-order chi connectivity index (χ0) is 27.3. The predicted molar refractivity (Wildman–Crippen MR) is 160 cm³/mol. The molecular weight excluding hydrogens is 512 g/mol. The molecule has 41 heavy (non-hydrogen) atoms. The molecule has 1 saturated carbocycles. The van der Waals surface area contributed by atoms with Crippen LogP contribution in [0.2, 0.25) is 0 Å². The summed E-state index contributed by atoms with van der Waals surface area (Å²) in [6, 6.07) is 8.33. The Morgan fingerprint density at radius 1 is 1.07 bits per heavy atom. The van der Waals surface area contributed by atoms with Crippen molar-refractivity contribution in [3.8, 4) is 0 Å². The lowest BCUT2D eigenvalue weighted by Gasteiger charge is -2.52. The fourth-order valence-corrected chi connectivity index (χ4v) is 9.81. The highest BCUT2D eigenvalue weighted by Crippen LogP contribution is 2.59. The van der Waals surface area contributed by atoms with E-state index in [2.05, 4.69) is 39.5 Å². The molecule has 8 heteroatoms. The van der Waals surface area contributed by atoms with Gasteiger partial charge in [-0.3, -0.25) is 9.69 Å². The number of carbonyl (C=O) groups is 1.